The third-order valence-corrected chi connectivity index (χ3v) is 5.65. The lowest BCUT2D eigenvalue weighted by Gasteiger charge is -2.19. The number of furan rings is 1. The molecule has 3 rings (SSSR count). The molecule has 1 atom stereocenters. The summed E-state index contributed by atoms with van der Waals surface area (Å²) < 4.78 is 7.16. The van der Waals surface area contributed by atoms with E-state index >= 15 is 0 Å². The van der Waals surface area contributed by atoms with Crippen molar-refractivity contribution in [3.8, 4) is 11.4 Å². The van der Waals surface area contributed by atoms with E-state index in [4.69, 9.17) is 4.42 Å². The fourth-order valence-electron chi connectivity index (χ4n) is 2.73. The van der Waals surface area contributed by atoms with E-state index in [1.807, 2.05) is 24.6 Å². The van der Waals surface area contributed by atoms with Gasteiger partial charge in [-0.05, 0) is 30.0 Å². The van der Waals surface area contributed by atoms with E-state index in [0.29, 0.717) is 11.7 Å². The van der Waals surface area contributed by atoms with E-state index in [1.165, 1.54) is 17.3 Å². The maximum Gasteiger partial charge on any atom is 0.233 e. The topological polar surface area (TPSA) is 73.0 Å². The van der Waals surface area contributed by atoms with E-state index in [0.717, 1.165) is 17.1 Å². The van der Waals surface area contributed by atoms with Gasteiger partial charge < -0.3 is 14.3 Å². The molecule has 28 heavy (non-hydrogen) atoms. The van der Waals surface area contributed by atoms with Crippen LogP contribution >= 0.6 is 11.8 Å². The van der Waals surface area contributed by atoms with Crippen LogP contribution in [0.25, 0.3) is 11.4 Å². The van der Waals surface area contributed by atoms with Crippen LogP contribution in [0.2, 0.25) is 0 Å². The predicted molar refractivity (Wildman–Crippen MR) is 111 cm³/mol. The van der Waals surface area contributed by atoms with E-state index in [2.05, 4.69) is 60.6 Å². The van der Waals surface area contributed by atoms with Gasteiger partial charge in [0.25, 0.3) is 0 Å². The number of nitrogens with one attached hydrogen (secondary N) is 1. The molecule has 0 aliphatic rings. The summed E-state index contributed by atoms with van der Waals surface area (Å²) in [5, 5.41) is 11.9. The number of nitrogens with zero attached hydrogens (tertiary/aromatic N) is 3. The molecule has 0 saturated heterocycles. The van der Waals surface area contributed by atoms with Gasteiger partial charge in [0, 0.05) is 12.6 Å². The Balaban J connectivity index is 1.66. The molecule has 7 heteroatoms. The first-order chi connectivity index (χ1) is 13.3. The molecular weight excluding hydrogens is 372 g/mol. The van der Waals surface area contributed by atoms with Gasteiger partial charge in [-0.2, -0.15) is 0 Å². The van der Waals surface area contributed by atoms with Crippen molar-refractivity contribution in [1.82, 2.24) is 20.1 Å². The number of amides is 1. The zero-order valence-electron chi connectivity index (χ0n) is 16.9. The SMILES string of the molecule is C[C@@H](Sc1nnc(-c2ccc(C(C)(C)C)cc2)n1C)C(=O)NCc1ccco1. The van der Waals surface area contributed by atoms with Gasteiger partial charge in [-0.15, -0.1) is 10.2 Å². The van der Waals surface area contributed by atoms with E-state index in [9.17, 15) is 4.79 Å². The van der Waals surface area contributed by atoms with Crippen LogP contribution in [0.5, 0.6) is 0 Å². The van der Waals surface area contributed by atoms with Crippen molar-refractivity contribution in [2.45, 2.75) is 50.1 Å². The first-order valence-corrected chi connectivity index (χ1v) is 10.1. The molecule has 148 valence electrons. The minimum atomic E-state index is -0.297. The lowest BCUT2D eigenvalue weighted by atomic mass is 9.87. The van der Waals surface area contributed by atoms with Crippen LogP contribution in [-0.4, -0.2) is 25.9 Å². The summed E-state index contributed by atoms with van der Waals surface area (Å²) in [7, 11) is 1.92. The Bertz CT molecular complexity index is 924. The summed E-state index contributed by atoms with van der Waals surface area (Å²) >= 11 is 1.39. The van der Waals surface area contributed by atoms with Gasteiger partial charge in [0.2, 0.25) is 5.91 Å². The molecule has 0 aliphatic carbocycles. The summed E-state index contributed by atoms with van der Waals surface area (Å²) in [6.07, 6.45) is 1.59. The van der Waals surface area contributed by atoms with Crippen LogP contribution < -0.4 is 5.32 Å². The fourth-order valence-corrected chi connectivity index (χ4v) is 3.57. The van der Waals surface area contributed by atoms with Crippen molar-refractivity contribution in [2.24, 2.45) is 7.05 Å². The van der Waals surface area contributed by atoms with Crippen molar-refractivity contribution in [1.29, 1.82) is 0 Å². The Morgan fingerprint density at radius 2 is 1.93 bits per heavy atom. The lowest BCUT2D eigenvalue weighted by molar-refractivity contribution is -0.120. The molecule has 0 saturated carbocycles. The largest absolute Gasteiger partial charge is 0.467 e. The van der Waals surface area contributed by atoms with E-state index < -0.39 is 0 Å². The van der Waals surface area contributed by atoms with Crippen LogP contribution in [0.3, 0.4) is 0 Å². The highest BCUT2D eigenvalue weighted by molar-refractivity contribution is 8.00. The Morgan fingerprint density at radius 3 is 2.54 bits per heavy atom. The number of thioether (sulfide) groups is 1. The zero-order valence-corrected chi connectivity index (χ0v) is 17.7. The van der Waals surface area contributed by atoms with Gasteiger partial charge in [-0.1, -0.05) is 56.8 Å². The smallest absolute Gasteiger partial charge is 0.233 e. The van der Waals surface area contributed by atoms with Crippen molar-refractivity contribution < 1.29 is 9.21 Å². The van der Waals surface area contributed by atoms with Gasteiger partial charge in [0.05, 0.1) is 18.1 Å². The molecule has 2 aromatic heterocycles. The second-order valence-corrected chi connectivity index (χ2v) is 9.06. The van der Waals surface area contributed by atoms with Crippen LogP contribution in [0.15, 0.2) is 52.2 Å². The molecule has 1 amide bonds. The molecule has 0 spiro atoms. The second kappa shape index (κ2) is 8.22. The Labute approximate surface area is 169 Å². The number of carbonyl (C=O) groups is 1. The van der Waals surface area contributed by atoms with Crippen LogP contribution in [0.4, 0.5) is 0 Å². The van der Waals surface area contributed by atoms with Crippen LogP contribution in [0.1, 0.15) is 39.0 Å². The molecule has 0 unspecified atom stereocenters. The molecule has 6 nitrogen and oxygen atoms in total. The van der Waals surface area contributed by atoms with Crippen molar-refractivity contribution in [3.63, 3.8) is 0 Å². The number of hydrogen-bond acceptors (Lipinski definition) is 5. The van der Waals surface area contributed by atoms with Crippen molar-refractivity contribution in [2.75, 3.05) is 0 Å². The van der Waals surface area contributed by atoms with Crippen LogP contribution in [0, 0.1) is 0 Å². The predicted octanol–water partition coefficient (Wildman–Crippen LogP) is 4.17. The molecule has 1 N–H and O–H groups in total. The second-order valence-electron chi connectivity index (χ2n) is 7.75. The first-order valence-electron chi connectivity index (χ1n) is 9.23. The fraction of sp³-hybridized carbons (Fsp3) is 0.381. The molecule has 0 fully saturated rings. The first kappa shape index (κ1) is 20.2. The summed E-state index contributed by atoms with van der Waals surface area (Å²) in [6, 6.07) is 12.0. The molecule has 0 aliphatic heterocycles. The van der Waals surface area contributed by atoms with Gasteiger partial charge in [-0.3, -0.25) is 4.79 Å². The lowest BCUT2D eigenvalue weighted by Crippen LogP contribution is -2.30. The maximum atomic E-state index is 12.3. The highest BCUT2D eigenvalue weighted by Gasteiger charge is 2.20. The number of rotatable bonds is 6. The Hall–Kier alpha value is -2.54. The highest BCUT2D eigenvalue weighted by Crippen LogP contribution is 2.28. The Kier molecular flexibility index (Phi) is 5.93. The number of hydrogen-bond donors (Lipinski definition) is 1. The highest BCUT2D eigenvalue weighted by atomic mass is 32.2. The average Bonchev–Trinajstić information content (AvgIpc) is 3.29. The molecule has 0 bridgehead atoms. The summed E-state index contributed by atoms with van der Waals surface area (Å²) in [4.78, 5) is 12.3. The zero-order chi connectivity index (χ0) is 20.3. The number of carbonyl (C=O) groups excluding carboxylic acids is 1. The molecule has 2 heterocycles. The van der Waals surface area contributed by atoms with E-state index in [1.54, 1.807) is 12.3 Å². The molecule has 3 aromatic rings. The van der Waals surface area contributed by atoms with E-state index in [-0.39, 0.29) is 16.6 Å². The van der Waals surface area contributed by atoms with Crippen molar-refractivity contribution in [3.05, 3.63) is 54.0 Å². The summed E-state index contributed by atoms with van der Waals surface area (Å²) in [5.41, 5.74) is 2.39. The number of benzene rings is 1. The third kappa shape index (κ3) is 4.65. The van der Waals surface area contributed by atoms with Gasteiger partial charge in [0.1, 0.15) is 5.76 Å². The standard InChI is InChI=1S/C21H26N4O2S/c1-14(19(26)22-13-17-7-6-12-27-17)28-20-24-23-18(25(20)5)15-8-10-16(11-9-15)21(2,3)4/h6-12,14H,13H2,1-5H3,(H,22,26)/t14-/m1/s1. The Morgan fingerprint density at radius 1 is 1.21 bits per heavy atom. The van der Waals surface area contributed by atoms with Crippen molar-refractivity contribution >= 4 is 17.7 Å². The maximum absolute atomic E-state index is 12.3. The minimum Gasteiger partial charge on any atom is -0.467 e. The summed E-state index contributed by atoms with van der Waals surface area (Å²) in [6.45, 7) is 8.81. The number of aromatic nitrogens is 3. The average molecular weight is 399 g/mol. The van der Waals surface area contributed by atoms with Gasteiger partial charge >= 0.3 is 0 Å². The molecule has 0 radical (unpaired) electrons. The minimum absolute atomic E-state index is 0.0690. The van der Waals surface area contributed by atoms with Gasteiger partial charge in [0.15, 0.2) is 11.0 Å². The van der Waals surface area contributed by atoms with Crippen LogP contribution in [-0.2, 0) is 23.8 Å². The normalized spacial score (nSPS) is 12.8. The van der Waals surface area contributed by atoms with Gasteiger partial charge in [-0.25, -0.2) is 0 Å². The molecular formula is C21H26N4O2S. The monoisotopic (exact) mass is 398 g/mol. The summed E-state index contributed by atoms with van der Waals surface area (Å²) in [5.74, 6) is 1.44. The third-order valence-electron chi connectivity index (χ3n) is 4.51. The molecule has 1 aromatic carbocycles. The quantitative estimate of drug-likeness (QED) is 0.631.